The molecule has 0 saturated heterocycles. The quantitative estimate of drug-likeness (QED) is 0.381. The Morgan fingerprint density at radius 3 is 2.09 bits per heavy atom. The van der Waals surface area contributed by atoms with E-state index in [1.165, 1.54) is 85.0 Å². The molecule has 0 spiro atoms. The summed E-state index contributed by atoms with van der Waals surface area (Å²) in [6.07, 6.45) is 13.7. The van der Waals surface area contributed by atoms with Gasteiger partial charge in [0.25, 0.3) is 0 Å². The van der Waals surface area contributed by atoms with Crippen LogP contribution in [0.2, 0.25) is 0 Å². The summed E-state index contributed by atoms with van der Waals surface area (Å²) in [5, 5.41) is 2.77. The second-order valence-electron chi connectivity index (χ2n) is 6.33. The molecule has 2 rings (SSSR count). The number of hydrogen-bond acceptors (Lipinski definition) is 0. The minimum Gasteiger partial charge on any atom is -0.0654 e. The number of halogens is 1. The summed E-state index contributed by atoms with van der Waals surface area (Å²) in [5.41, 5.74) is 1.49. The number of aryl methyl sites for hydroxylation is 1. The van der Waals surface area contributed by atoms with Crippen LogP contribution in [0, 0.1) is 0 Å². The molecule has 0 aromatic heterocycles. The number of rotatable bonds is 10. The first-order chi connectivity index (χ1) is 10.8. The van der Waals surface area contributed by atoms with Gasteiger partial charge in [0, 0.05) is 4.47 Å². The van der Waals surface area contributed by atoms with Crippen molar-refractivity contribution in [3.05, 3.63) is 46.4 Å². The molecule has 0 amide bonds. The van der Waals surface area contributed by atoms with Gasteiger partial charge in [0.1, 0.15) is 0 Å². The Hall–Kier alpha value is -0.820. The maximum atomic E-state index is 3.74. The van der Waals surface area contributed by atoms with Crippen molar-refractivity contribution in [1.82, 2.24) is 0 Å². The van der Waals surface area contributed by atoms with Gasteiger partial charge in [-0.05, 0) is 35.2 Å². The second-order valence-corrected chi connectivity index (χ2v) is 7.18. The third kappa shape index (κ3) is 5.43. The lowest BCUT2D eigenvalue weighted by Crippen LogP contribution is -1.90. The standard InChI is InChI=1S/C21H29Br/c1-2-3-4-5-6-7-8-9-10-15-20-19-14-12-11-13-18(19)16-17-21(20)22/h11-14,16-17H,2-10,15H2,1H3. The molecule has 0 aliphatic rings. The Labute approximate surface area is 144 Å². The first-order valence-electron chi connectivity index (χ1n) is 8.99. The number of hydrogen-bond donors (Lipinski definition) is 0. The predicted octanol–water partition coefficient (Wildman–Crippen LogP) is 7.68. The predicted molar refractivity (Wildman–Crippen MR) is 103 cm³/mol. The van der Waals surface area contributed by atoms with Crippen molar-refractivity contribution in [2.75, 3.05) is 0 Å². The summed E-state index contributed by atoms with van der Waals surface area (Å²) in [6, 6.07) is 13.1. The summed E-state index contributed by atoms with van der Waals surface area (Å²) in [4.78, 5) is 0. The van der Waals surface area contributed by atoms with Crippen LogP contribution in [0.5, 0.6) is 0 Å². The van der Waals surface area contributed by atoms with E-state index in [4.69, 9.17) is 0 Å². The highest BCUT2D eigenvalue weighted by molar-refractivity contribution is 9.10. The zero-order valence-corrected chi connectivity index (χ0v) is 15.5. The van der Waals surface area contributed by atoms with Crippen molar-refractivity contribution in [3.8, 4) is 0 Å². The van der Waals surface area contributed by atoms with Crippen LogP contribution < -0.4 is 0 Å². The van der Waals surface area contributed by atoms with Crippen LogP contribution in [-0.2, 0) is 6.42 Å². The Morgan fingerprint density at radius 1 is 0.727 bits per heavy atom. The molecule has 0 fully saturated rings. The fourth-order valence-corrected chi connectivity index (χ4v) is 3.72. The van der Waals surface area contributed by atoms with E-state index in [1.807, 2.05) is 0 Å². The molecule has 0 atom stereocenters. The highest BCUT2D eigenvalue weighted by Gasteiger charge is 2.05. The Morgan fingerprint density at radius 2 is 1.36 bits per heavy atom. The molecule has 0 aliphatic heterocycles. The van der Waals surface area contributed by atoms with Gasteiger partial charge >= 0.3 is 0 Å². The van der Waals surface area contributed by atoms with Gasteiger partial charge in [0.15, 0.2) is 0 Å². The maximum Gasteiger partial charge on any atom is 0.0213 e. The first kappa shape index (κ1) is 17.5. The van der Waals surface area contributed by atoms with Gasteiger partial charge in [-0.2, -0.15) is 0 Å². The summed E-state index contributed by atoms with van der Waals surface area (Å²) in [6.45, 7) is 2.28. The van der Waals surface area contributed by atoms with E-state index in [9.17, 15) is 0 Å². The van der Waals surface area contributed by atoms with Gasteiger partial charge in [-0.15, -0.1) is 0 Å². The number of benzene rings is 2. The van der Waals surface area contributed by atoms with Crippen molar-refractivity contribution in [3.63, 3.8) is 0 Å². The highest BCUT2D eigenvalue weighted by atomic mass is 79.9. The molecule has 22 heavy (non-hydrogen) atoms. The van der Waals surface area contributed by atoms with Gasteiger partial charge in [-0.1, -0.05) is 105 Å². The first-order valence-corrected chi connectivity index (χ1v) is 9.78. The van der Waals surface area contributed by atoms with E-state index >= 15 is 0 Å². The zero-order valence-electron chi connectivity index (χ0n) is 13.9. The van der Waals surface area contributed by atoms with Crippen LogP contribution in [-0.4, -0.2) is 0 Å². The lowest BCUT2D eigenvalue weighted by atomic mass is 9.99. The van der Waals surface area contributed by atoms with Crippen LogP contribution >= 0.6 is 15.9 Å². The Balaban J connectivity index is 1.72. The largest absolute Gasteiger partial charge is 0.0654 e. The number of fused-ring (bicyclic) bond motifs is 1. The van der Waals surface area contributed by atoms with Crippen LogP contribution in [0.3, 0.4) is 0 Å². The molecular formula is C21H29Br. The summed E-state index contributed by atoms with van der Waals surface area (Å²) >= 11 is 3.74. The molecular weight excluding hydrogens is 332 g/mol. The molecule has 0 N–H and O–H groups in total. The maximum absolute atomic E-state index is 3.74. The van der Waals surface area contributed by atoms with Gasteiger partial charge in [0.05, 0.1) is 0 Å². The molecule has 0 bridgehead atoms. The third-order valence-electron chi connectivity index (χ3n) is 4.51. The number of unbranched alkanes of at least 4 members (excludes halogenated alkanes) is 8. The Bertz CT molecular complexity index is 559. The summed E-state index contributed by atoms with van der Waals surface area (Å²) in [7, 11) is 0. The average Bonchev–Trinajstić information content (AvgIpc) is 2.55. The van der Waals surface area contributed by atoms with Crippen molar-refractivity contribution in [1.29, 1.82) is 0 Å². The molecule has 0 unspecified atom stereocenters. The SMILES string of the molecule is CCCCCCCCCCCc1c(Br)ccc2ccccc12. The summed E-state index contributed by atoms with van der Waals surface area (Å²) in [5.74, 6) is 0. The zero-order chi connectivity index (χ0) is 15.6. The van der Waals surface area contributed by atoms with Crippen LogP contribution in [0.1, 0.15) is 70.3 Å². The molecule has 0 nitrogen and oxygen atoms in total. The van der Waals surface area contributed by atoms with Crippen molar-refractivity contribution < 1.29 is 0 Å². The van der Waals surface area contributed by atoms with E-state index in [2.05, 4.69) is 59.3 Å². The smallest absolute Gasteiger partial charge is 0.0213 e. The lowest BCUT2D eigenvalue weighted by Gasteiger charge is -2.09. The van der Waals surface area contributed by atoms with Crippen LogP contribution in [0.25, 0.3) is 10.8 Å². The van der Waals surface area contributed by atoms with Gasteiger partial charge < -0.3 is 0 Å². The fraction of sp³-hybridized carbons (Fsp3) is 0.524. The molecule has 120 valence electrons. The van der Waals surface area contributed by atoms with Crippen LogP contribution in [0.15, 0.2) is 40.9 Å². The van der Waals surface area contributed by atoms with Gasteiger partial charge in [-0.25, -0.2) is 0 Å². The molecule has 2 aromatic rings. The van der Waals surface area contributed by atoms with E-state index in [0.29, 0.717) is 0 Å². The molecule has 0 radical (unpaired) electrons. The average molecular weight is 361 g/mol. The normalized spacial score (nSPS) is 11.2. The minimum absolute atomic E-state index is 1.19. The molecule has 1 heteroatoms. The van der Waals surface area contributed by atoms with Crippen molar-refractivity contribution in [2.24, 2.45) is 0 Å². The molecule has 2 aromatic carbocycles. The van der Waals surface area contributed by atoms with Crippen LogP contribution in [0.4, 0.5) is 0 Å². The minimum atomic E-state index is 1.19. The molecule has 0 aliphatic carbocycles. The fourth-order valence-electron chi connectivity index (χ4n) is 3.18. The van der Waals surface area contributed by atoms with Gasteiger partial charge in [0.2, 0.25) is 0 Å². The highest BCUT2D eigenvalue weighted by Crippen LogP contribution is 2.28. The molecule has 0 saturated carbocycles. The molecule has 0 heterocycles. The lowest BCUT2D eigenvalue weighted by molar-refractivity contribution is 0.565. The topological polar surface area (TPSA) is 0 Å². The third-order valence-corrected chi connectivity index (χ3v) is 5.26. The van der Waals surface area contributed by atoms with Crippen molar-refractivity contribution in [2.45, 2.75) is 71.1 Å². The second kappa shape index (κ2) is 10.0. The van der Waals surface area contributed by atoms with E-state index in [0.717, 1.165) is 0 Å². The Kier molecular flexibility index (Phi) is 8.01. The van der Waals surface area contributed by atoms with Crippen molar-refractivity contribution >= 4 is 26.7 Å². The van der Waals surface area contributed by atoms with E-state index in [1.54, 1.807) is 0 Å². The monoisotopic (exact) mass is 360 g/mol. The van der Waals surface area contributed by atoms with Gasteiger partial charge in [-0.3, -0.25) is 0 Å². The summed E-state index contributed by atoms with van der Waals surface area (Å²) < 4.78 is 1.27. The van der Waals surface area contributed by atoms with E-state index < -0.39 is 0 Å². The van der Waals surface area contributed by atoms with E-state index in [-0.39, 0.29) is 0 Å².